The highest BCUT2D eigenvalue weighted by molar-refractivity contribution is 9.10. The first-order valence-electron chi connectivity index (χ1n) is 8.11. The fourth-order valence-corrected chi connectivity index (χ4v) is 2.97. The Bertz CT molecular complexity index is 818. The predicted molar refractivity (Wildman–Crippen MR) is 100 cm³/mol. The minimum Gasteiger partial charge on any atom is -0.337 e. The fourth-order valence-electron chi connectivity index (χ4n) is 2.71. The normalized spacial score (nSPS) is 13.7. The van der Waals surface area contributed by atoms with Crippen LogP contribution in [0.4, 0.5) is 4.79 Å². The van der Waals surface area contributed by atoms with Crippen LogP contribution in [-0.4, -0.2) is 41.2 Å². The Kier molecular flexibility index (Phi) is 5.37. The van der Waals surface area contributed by atoms with Crippen molar-refractivity contribution < 1.29 is 14.4 Å². The number of hydrogen-bond acceptors (Lipinski definition) is 3. The van der Waals surface area contributed by atoms with E-state index in [1.807, 2.05) is 24.3 Å². The summed E-state index contributed by atoms with van der Waals surface area (Å²) in [4.78, 5) is 38.6. The third-order valence-corrected chi connectivity index (χ3v) is 4.69. The van der Waals surface area contributed by atoms with Crippen molar-refractivity contribution in [3.8, 4) is 0 Å². The maximum absolute atomic E-state index is 12.6. The molecule has 0 unspecified atom stereocenters. The highest BCUT2D eigenvalue weighted by Gasteiger charge is 2.28. The maximum atomic E-state index is 12.6. The van der Waals surface area contributed by atoms with Gasteiger partial charge in [-0.05, 0) is 35.4 Å². The topological polar surface area (TPSA) is 69.7 Å². The SMILES string of the molecule is CN(Cc1ccc(Br)cc1)C(=O)c1ccc(CN2C(=O)CNC2=O)cc1. The smallest absolute Gasteiger partial charge is 0.324 e. The van der Waals surface area contributed by atoms with Crippen molar-refractivity contribution in [3.05, 3.63) is 69.7 Å². The minimum absolute atomic E-state index is 0.0380. The van der Waals surface area contributed by atoms with Crippen LogP contribution in [0.5, 0.6) is 0 Å². The summed E-state index contributed by atoms with van der Waals surface area (Å²) in [5.41, 5.74) is 2.40. The van der Waals surface area contributed by atoms with Crippen LogP contribution < -0.4 is 5.32 Å². The van der Waals surface area contributed by atoms with Crippen LogP contribution in [0.15, 0.2) is 53.0 Å². The van der Waals surface area contributed by atoms with E-state index in [9.17, 15) is 14.4 Å². The van der Waals surface area contributed by atoms with Gasteiger partial charge < -0.3 is 10.2 Å². The van der Waals surface area contributed by atoms with Crippen molar-refractivity contribution in [1.82, 2.24) is 15.1 Å². The van der Waals surface area contributed by atoms with Gasteiger partial charge in [0.1, 0.15) is 0 Å². The monoisotopic (exact) mass is 415 g/mol. The number of hydrogen-bond donors (Lipinski definition) is 1. The minimum atomic E-state index is -0.385. The molecule has 0 atom stereocenters. The molecule has 0 bridgehead atoms. The first-order chi connectivity index (χ1) is 12.4. The zero-order valence-corrected chi connectivity index (χ0v) is 15.8. The predicted octanol–water partition coefficient (Wildman–Crippen LogP) is 2.77. The van der Waals surface area contributed by atoms with Crippen molar-refractivity contribution in [2.45, 2.75) is 13.1 Å². The molecule has 0 radical (unpaired) electrons. The van der Waals surface area contributed by atoms with Crippen LogP contribution in [0, 0.1) is 0 Å². The lowest BCUT2D eigenvalue weighted by molar-refractivity contribution is -0.125. The molecule has 0 aliphatic carbocycles. The van der Waals surface area contributed by atoms with Crippen LogP contribution in [0.2, 0.25) is 0 Å². The number of carbonyl (C=O) groups excluding carboxylic acids is 3. The number of nitrogens with one attached hydrogen (secondary N) is 1. The molecule has 1 saturated heterocycles. The van der Waals surface area contributed by atoms with Gasteiger partial charge >= 0.3 is 6.03 Å². The van der Waals surface area contributed by atoms with Crippen LogP contribution >= 0.6 is 15.9 Å². The molecule has 7 heteroatoms. The van der Waals surface area contributed by atoms with Gasteiger partial charge in [-0.25, -0.2) is 4.79 Å². The molecule has 6 nitrogen and oxygen atoms in total. The average molecular weight is 416 g/mol. The van der Waals surface area contributed by atoms with Crippen LogP contribution in [0.3, 0.4) is 0 Å². The summed E-state index contributed by atoms with van der Waals surface area (Å²) < 4.78 is 0.996. The lowest BCUT2D eigenvalue weighted by Crippen LogP contribution is -2.30. The summed E-state index contributed by atoms with van der Waals surface area (Å²) >= 11 is 3.39. The van der Waals surface area contributed by atoms with Gasteiger partial charge in [-0.1, -0.05) is 40.2 Å². The van der Waals surface area contributed by atoms with Gasteiger partial charge in [0.25, 0.3) is 5.91 Å². The largest absolute Gasteiger partial charge is 0.337 e. The van der Waals surface area contributed by atoms with Crippen molar-refractivity contribution in [1.29, 1.82) is 0 Å². The summed E-state index contributed by atoms with van der Waals surface area (Å²) in [6.07, 6.45) is 0. The number of rotatable bonds is 5. The van der Waals surface area contributed by atoms with Crippen molar-refractivity contribution in [2.75, 3.05) is 13.6 Å². The number of imide groups is 1. The molecule has 1 aliphatic heterocycles. The number of nitrogens with zero attached hydrogens (tertiary/aromatic N) is 2. The van der Waals surface area contributed by atoms with Gasteiger partial charge in [-0.15, -0.1) is 0 Å². The lowest BCUT2D eigenvalue weighted by Gasteiger charge is -2.18. The highest BCUT2D eigenvalue weighted by Crippen LogP contribution is 2.15. The molecular formula is C19H18BrN3O3. The van der Waals surface area contributed by atoms with E-state index in [-0.39, 0.29) is 30.9 Å². The van der Waals surface area contributed by atoms with Gasteiger partial charge in [-0.3, -0.25) is 14.5 Å². The van der Waals surface area contributed by atoms with Gasteiger partial charge in [-0.2, -0.15) is 0 Å². The van der Waals surface area contributed by atoms with Gasteiger partial charge in [0.15, 0.2) is 0 Å². The van der Waals surface area contributed by atoms with Crippen LogP contribution in [0.1, 0.15) is 21.5 Å². The molecule has 1 N–H and O–H groups in total. The maximum Gasteiger partial charge on any atom is 0.324 e. The van der Waals surface area contributed by atoms with Crippen molar-refractivity contribution >= 4 is 33.8 Å². The molecule has 134 valence electrons. The second-order valence-corrected chi connectivity index (χ2v) is 7.04. The molecule has 0 aromatic heterocycles. The lowest BCUT2D eigenvalue weighted by atomic mass is 10.1. The number of amides is 4. The van der Waals surface area contributed by atoms with E-state index in [1.165, 1.54) is 0 Å². The molecule has 3 rings (SSSR count). The van der Waals surface area contributed by atoms with Gasteiger partial charge in [0, 0.05) is 23.6 Å². The Morgan fingerprint density at radius 1 is 1.08 bits per heavy atom. The average Bonchev–Trinajstić information content (AvgIpc) is 2.95. The molecule has 0 spiro atoms. The number of halogens is 1. The Hall–Kier alpha value is -2.67. The molecular weight excluding hydrogens is 398 g/mol. The van der Waals surface area contributed by atoms with E-state index in [1.54, 1.807) is 36.2 Å². The summed E-state index contributed by atoms with van der Waals surface area (Å²) in [5.74, 6) is -0.334. The number of benzene rings is 2. The van der Waals surface area contributed by atoms with Crippen LogP contribution in [0.25, 0.3) is 0 Å². The Morgan fingerprint density at radius 2 is 1.69 bits per heavy atom. The van der Waals surface area contributed by atoms with E-state index in [0.29, 0.717) is 12.1 Å². The van der Waals surface area contributed by atoms with E-state index in [4.69, 9.17) is 0 Å². The summed E-state index contributed by atoms with van der Waals surface area (Å²) in [5, 5.41) is 2.48. The third kappa shape index (κ3) is 4.11. The van der Waals surface area contributed by atoms with E-state index in [2.05, 4.69) is 21.2 Å². The quantitative estimate of drug-likeness (QED) is 0.763. The fraction of sp³-hybridized carbons (Fsp3) is 0.211. The van der Waals surface area contributed by atoms with Crippen molar-refractivity contribution in [2.24, 2.45) is 0 Å². The summed E-state index contributed by atoms with van der Waals surface area (Å²) in [7, 11) is 1.76. The molecule has 1 fully saturated rings. The molecule has 4 amide bonds. The van der Waals surface area contributed by atoms with E-state index >= 15 is 0 Å². The van der Waals surface area contributed by atoms with Crippen molar-refractivity contribution in [3.63, 3.8) is 0 Å². The first-order valence-corrected chi connectivity index (χ1v) is 8.90. The van der Waals surface area contributed by atoms with Gasteiger partial charge in [0.2, 0.25) is 5.91 Å². The molecule has 1 heterocycles. The van der Waals surface area contributed by atoms with E-state index in [0.717, 1.165) is 20.5 Å². The van der Waals surface area contributed by atoms with Crippen LogP contribution in [-0.2, 0) is 17.9 Å². The second kappa shape index (κ2) is 7.70. The third-order valence-electron chi connectivity index (χ3n) is 4.16. The van der Waals surface area contributed by atoms with Gasteiger partial charge in [0.05, 0.1) is 13.1 Å². The second-order valence-electron chi connectivity index (χ2n) is 6.12. The molecule has 2 aromatic carbocycles. The highest BCUT2D eigenvalue weighted by atomic mass is 79.9. The van der Waals surface area contributed by atoms with E-state index < -0.39 is 0 Å². The Labute approximate surface area is 159 Å². The number of carbonyl (C=O) groups is 3. The molecule has 1 aliphatic rings. The number of urea groups is 1. The molecule has 0 saturated carbocycles. The zero-order chi connectivity index (χ0) is 18.7. The summed E-state index contributed by atoms with van der Waals surface area (Å²) in [6, 6.07) is 14.4. The molecule has 26 heavy (non-hydrogen) atoms. The standard InChI is InChI=1S/C19H18BrN3O3/c1-22(11-13-4-8-16(20)9-5-13)18(25)15-6-2-14(3-7-15)12-23-17(24)10-21-19(23)26/h2-9H,10-12H2,1H3,(H,21,26). The summed E-state index contributed by atoms with van der Waals surface area (Å²) in [6.45, 7) is 0.750. The zero-order valence-electron chi connectivity index (χ0n) is 14.2. The first kappa shape index (κ1) is 18.1. The Morgan fingerprint density at radius 3 is 2.27 bits per heavy atom. The molecule has 2 aromatic rings. The Balaban J connectivity index is 1.63.